The van der Waals surface area contributed by atoms with Gasteiger partial charge in [-0.15, -0.1) is 0 Å². The Balaban J connectivity index is 1.82. The van der Waals surface area contributed by atoms with Crippen LogP contribution in [-0.2, 0) is 6.42 Å². The fraction of sp³-hybridized carbons (Fsp3) is 0.133. The minimum atomic E-state index is -0.379. The maximum atomic E-state index is 13.0. The van der Waals surface area contributed by atoms with E-state index in [1.54, 1.807) is 30.3 Å². The normalized spacial score (nSPS) is 10.2. The third-order valence-electron chi connectivity index (χ3n) is 2.77. The van der Waals surface area contributed by atoms with Crippen LogP contribution in [0.25, 0.3) is 0 Å². The number of carbonyl (C=O) groups excluding carboxylic acids is 1. The highest BCUT2D eigenvalue weighted by atomic mass is 35.5. The lowest BCUT2D eigenvalue weighted by Gasteiger charge is -2.09. The fourth-order valence-corrected chi connectivity index (χ4v) is 2.23. The second kappa shape index (κ2) is 7.29. The molecule has 0 fully saturated rings. The van der Waals surface area contributed by atoms with Crippen molar-refractivity contribution < 1.29 is 9.18 Å². The van der Waals surface area contributed by atoms with Crippen molar-refractivity contribution in [3.63, 3.8) is 0 Å². The molecule has 3 nitrogen and oxygen atoms in total. The van der Waals surface area contributed by atoms with Crippen molar-refractivity contribution in [2.45, 2.75) is 6.42 Å². The molecule has 2 amide bonds. The van der Waals surface area contributed by atoms with Gasteiger partial charge in [0.05, 0.1) is 10.7 Å². The Kier molecular flexibility index (Phi) is 5.42. The SMILES string of the molecule is O=C(NCCc1cccc(F)c1)Nc1ccc(Cl)cc1Cl. The molecule has 0 atom stereocenters. The molecule has 0 aromatic heterocycles. The first-order chi connectivity index (χ1) is 10.0. The maximum absolute atomic E-state index is 13.0. The van der Waals surface area contributed by atoms with Crippen LogP contribution in [0.3, 0.4) is 0 Å². The second-order valence-corrected chi connectivity index (χ2v) is 5.23. The quantitative estimate of drug-likeness (QED) is 0.853. The molecule has 2 N–H and O–H groups in total. The summed E-state index contributed by atoms with van der Waals surface area (Å²) >= 11 is 11.7. The first-order valence-corrected chi connectivity index (χ1v) is 7.04. The Hall–Kier alpha value is -1.78. The molecule has 0 radical (unpaired) electrons. The van der Waals surface area contributed by atoms with E-state index in [0.29, 0.717) is 28.7 Å². The van der Waals surface area contributed by atoms with Gasteiger partial charge in [-0.1, -0.05) is 35.3 Å². The number of hydrogen-bond donors (Lipinski definition) is 2. The first kappa shape index (κ1) is 15.6. The highest BCUT2D eigenvalue weighted by Gasteiger charge is 2.05. The van der Waals surface area contributed by atoms with Gasteiger partial charge in [0.2, 0.25) is 0 Å². The van der Waals surface area contributed by atoms with Crippen LogP contribution in [0.1, 0.15) is 5.56 Å². The average Bonchev–Trinajstić information content (AvgIpc) is 2.42. The molecule has 2 rings (SSSR count). The van der Waals surface area contributed by atoms with Gasteiger partial charge in [0, 0.05) is 11.6 Å². The van der Waals surface area contributed by atoms with Crippen molar-refractivity contribution >= 4 is 34.9 Å². The molecule has 0 spiro atoms. The summed E-state index contributed by atoms with van der Waals surface area (Å²) < 4.78 is 13.0. The molecule has 6 heteroatoms. The number of nitrogens with one attached hydrogen (secondary N) is 2. The summed E-state index contributed by atoms with van der Waals surface area (Å²) in [6.45, 7) is 0.389. The van der Waals surface area contributed by atoms with E-state index in [-0.39, 0.29) is 11.8 Å². The van der Waals surface area contributed by atoms with E-state index in [4.69, 9.17) is 23.2 Å². The minimum absolute atomic E-state index is 0.287. The molecule has 0 aliphatic rings. The van der Waals surface area contributed by atoms with E-state index in [0.717, 1.165) is 5.56 Å². The summed E-state index contributed by atoms with van der Waals surface area (Å²) in [7, 11) is 0. The summed E-state index contributed by atoms with van der Waals surface area (Å²) in [4.78, 5) is 11.7. The number of halogens is 3. The molecule has 0 heterocycles. The van der Waals surface area contributed by atoms with Gasteiger partial charge in [-0.3, -0.25) is 0 Å². The average molecular weight is 327 g/mol. The van der Waals surface area contributed by atoms with Gasteiger partial charge in [0.1, 0.15) is 5.82 Å². The second-order valence-electron chi connectivity index (χ2n) is 4.38. The Morgan fingerprint density at radius 2 is 1.95 bits per heavy atom. The van der Waals surface area contributed by atoms with Gasteiger partial charge in [0.25, 0.3) is 0 Å². The number of rotatable bonds is 4. The molecule has 110 valence electrons. The summed E-state index contributed by atoms with van der Waals surface area (Å²) in [6.07, 6.45) is 0.541. The maximum Gasteiger partial charge on any atom is 0.319 e. The van der Waals surface area contributed by atoms with Crippen molar-refractivity contribution in [1.29, 1.82) is 0 Å². The number of hydrogen-bond acceptors (Lipinski definition) is 1. The molecule has 0 bridgehead atoms. The lowest BCUT2D eigenvalue weighted by Crippen LogP contribution is -2.30. The van der Waals surface area contributed by atoms with Crippen molar-refractivity contribution in [3.8, 4) is 0 Å². The minimum Gasteiger partial charge on any atom is -0.338 e. The molecule has 2 aromatic rings. The van der Waals surface area contributed by atoms with E-state index in [1.807, 2.05) is 0 Å². The molecule has 2 aromatic carbocycles. The predicted molar refractivity (Wildman–Crippen MR) is 83.6 cm³/mol. The molecular weight excluding hydrogens is 314 g/mol. The van der Waals surface area contributed by atoms with Gasteiger partial charge < -0.3 is 10.6 Å². The lowest BCUT2D eigenvalue weighted by molar-refractivity contribution is 0.252. The largest absolute Gasteiger partial charge is 0.338 e. The van der Waals surface area contributed by atoms with Crippen molar-refractivity contribution in [1.82, 2.24) is 5.32 Å². The van der Waals surface area contributed by atoms with Crippen LogP contribution in [0.15, 0.2) is 42.5 Å². The molecule has 0 aliphatic heterocycles. The molecule has 0 unspecified atom stereocenters. The number of anilines is 1. The molecule has 0 saturated heterocycles. The predicted octanol–water partition coefficient (Wildman–Crippen LogP) is 4.50. The van der Waals surface area contributed by atoms with Crippen LogP contribution in [-0.4, -0.2) is 12.6 Å². The van der Waals surface area contributed by atoms with Gasteiger partial charge in [0.15, 0.2) is 0 Å². The summed E-state index contributed by atoms with van der Waals surface area (Å²) in [5.74, 6) is -0.287. The van der Waals surface area contributed by atoms with E-state index >= 15 is 0 Å². The van der Waals surface area contributed by atoms with Crippen LogP contribution in [0.4, 0.5) is 14.9 Å². The zero-order valence-corrected chi connectivity index (χ0v) is 12.5. The smallest absolute Gasteiger partial charge is 0.319 e. The Labute approximate surface area is 132 Å². The Morgan fingerprint density at radius 1 is 1.14 bits per heavy atom. The highest BCUT2D eigenvalue weighted by Crippen LogP contribution is 2.25. The summed E-state index contributed by atoms with van der Waals surface area (Å²) in [6, 6.07) is 10.7. The van der Waals surface area contributed by atoms with E-state index in [9.17, 15) is 9.18 Å². The van der Waals surface area contributed by atoms with Crippen molar-refractivity contribution in [3.05, 3.63) is 63.9 Å². The Morgan fingerprint density at radius 3 is 2.67 bits per heavy atom. The fourth-order valence-electron chi connectivity index (χ4n) is 1.77. The topological polar surface area (TPSA) is 41.1 Å². The van der Waals surface area contributed by atoms with E-state index in [1.165, 1.54) is 12.1 Å². The zero-order valence-electron chi connectivity index (χ0n) is 11.0. The molecule has 0 saturated carbocycles. The van der Waals surface area contributed by atoms with Crippen LogP contribution < -0.4 is 10.6 Å². The third-order valence-corrected chi connectivity index (χ3v) is 3.32. The summed E-state index contributed by atoms with van der Waals surface area (Å²) in [5, 5.41) is 6.16. The standard InChI is InChI=1S/C15H13Cl2FN2O/c16-11-4-5-14(13(17)9-11)20-15(21)19-7-6-10-2-1-3-12(18)8-10/h1-5,8-9H,6-7H2,(H2,19,20,21). The summed E-state index contributed by atoms with van der Waals surface area (Å²) in [5.41, 5.74) is 1.30. The Bertz CT molecular complexity index is 649. The van der Waals surface area contributed by atoms with Gasteiger partial charge in [-0.25, -0.2) is 9.18 Å². The third kappa shape index (κ3) is 4.92. The number of urea groups is 1. The van der Waals surface area contributed by atoms with Gasteiger partial charge in [-0.2, -0.15) is 0 Å². The van der Waals surface area contributed by atoms with Gasteiger partial charge in [-0.05, 0) is 42.3 Å². The molecule has 0 aliphatic carbocycles. The zero-order chi connectivity index (χ0) is 15.2. The van der Waals surface area contributed by atoms with Crippen LogP contribution in [0.2, 0.25) is 10.0 Å². The monoisotopic (exact) mass is 326 g/mol. The van der Waals surface area contributed by atoms with Crippen molar-refractivity contribution in [2.24, 2.45) is 0 Å². The van der Waals surface area contributed by atoms with Crippen LogP contribution in [0.5, 0.6) is 0 Å². The lowest BCUT2D eigenvalue weighted by atomic mass is 10.1. The van der Waals surface area contributed by atoms with Gasteiger partial charge >= 0.3 is 6.03 Å². The number of carbonyl (C=O) groups is 1. The van der Waals surface area contributed by atoms with Crippen molar-refractivity contribution in [2.75, 3.05) is 11.9 Å². The molecule has 21 heavy (non-hydrogen) atoms. The van der Waals surface area contributed by atoms with Crippen LogP contribution >= 0.6 is 23.2 Å². The number of benzene rings is 2. The molecular formula is C15H13Cl2FN2O. The first-order valence-electron chi connectivity index (χ1n) is 6.29. The van der Waals surface area contributed by atoms with E-state index in [2.05, 4.69) is 10.6 Å². The van der Waals surface area contributed by atoms with E-state index < -0.39 is 0 Å². The number of amides is 2. The highest BCUT2D eigenvalue weighted by molar-refractivity contribution is 6.36. The van der Waals surface area contributed by atoms with Crippen LogP contribution in [0, 0.1) is 5.82 Å².